The number of nitrogens with one attached hydrogen (secondary N) is 1. The van der Waals surface area contributed by atoms with Crippen LogP contribution in [0.1, 0.15) is 6.42 Å². The number of carboxylic acid groups (broad SMARTS) is 1. The van der Waals surface area contributed by atoms with Gasteiger partial charge in [-0.15, -0.1) is 0 Å². The van der Waals surface area contributed by atoms with Crippen LogP contribution in [0, 0.1) is 0 Å². The van der Waals surface area contributed by atoms with Gasteiger partial charge in [-0.05, 0) is 6.42 Å². The van der Waals surface area contributed by atoms with E-state index >= 15 is 0 Å². The predicted molar refractivity (Wildman–Crippen MR) is 36.5 cm³/mol. The number of hydrogen-bond acceptors (Lipinski definition) is 2. The van der Waals surface area contributed by atoms with Crippen LogP contribution in [0.25, 0.3) is 0 Å². The average Bonchev–Trinajstić information content (AvgIpc) is 2.12. The highest BCUT2D eigenvalue weighted by Gasteiger charge is 2.09. The van der Waals surface area contributed by atoms with Crippen LogP contribution < -0.4 is 5.43 Å². The van der Waals surface area contributed by atoms with E-state index in [2.05, 4.69) is 5.43 Å². The van der Waals surface area contributed by atoms with E-state index in [-0.39, 0.29) is 0 Å². The maximum atomic E-state index is 10.3. The van der Waals surface area contributed by atoms with Crippen molar-refractivity contribution in [3.63, 3.8) is 0 Å². The summed E-state index contributed by atoms with van der Waals surface area (Å²) in [5.74, 6) is 0. The highest BCUT2D eigenvalue weighted by atomic mass is 16.4. The van der Waals surface area contributed by atoms with Gasteiger partial charge in [0.15, 0.2) is 0 Å². The molecule has 0 aromatic carbocycles. The summed E-state index contributed by atoms with van der Waals surface area (Å²) >= 11 is 0. The molecule has 1 rings (SSSR count). The van der Waals surface area contributed by atoms with Gasteiger partial charge in [0.05, 0.1) is 0 Å². The van der Waals surface area contributed by atoms with Crippen molar-refractivity contribution in [3.8, 4) is 0 Å². The van der Waals surface area contributed by atoms with Crippen molar-refractivity contribution in [2.75, 3.05) is 13.1 Å². The van der Waals surface area contributed by atoms with Gasteiger partial charge in [0, 0.05) is 13.1 Å². The van der Waals surface area contributed by atoms with E-state index in [0.717, 1.165) is 6.42 Å². The van der Waals surface area contributed by atoms with Gasteiger partial charge in [-0.25, -0.2) is 15.2 Å². The number of amides is 1. The van der Waals surface area contributed by atoms with E-state index in [1.807, 2.05) is 12.2 Å². The Labute approximate surface area is 59.1 Å². The average molecular weight is 142 g/mol. The maximum Gasteiger partial charge on any atom is 0.421 e. The van der Waals surface area contributed by atoms with Crippen LogP contribution in [0.2, 0.25) is 0 Å². The summed E-state index contributed by atoms with van der Waals surface area (Å²) in [7, 11) is 0. The Morgan fingerprint density at radius 2 is 2.40 bits per heavy atom. The van der Waals surface area contributed by atoms with E-state index in [0.29, 0.717) is 13.1 Å². The summed E-state index contributed by atoms with van der Waals surface area (Å²) in [6.45, 7) is 1.14. The third-order valence-electron chi connectivity index (χ3n) is 1.32. The van der Waals surface area contributed by atoms with Crippen molar-refractivity contribution in [2.45, 2.75) is 6.42 Å². The molecule has 56 valence electrons. The van der Waals surface area contributed by atoms with E-state index in [1.165, 1.54) is 5.01 Å². The molecule has 2 N–H and O–H groups in total. The Kier molecular flexibility index (Phi) is 2.28. The topological polar surface area (TPSA) is 52.6 Å². The quantitative estimate of drug-likeness (QED) is 0.482. The first-order valence-electron chi connectivity index (χ1n) is 3.19. The molecule has 0 aromatic heterocycles. The van der Waals surface area contributed by atoms with Crippen LogP contribution in [0.15, 0.2) is 12.2 Å². The van der Waals surface area contributed by atoms with Crippen LogP contribution in [0.4, 0.5) is 4.79 Å². The number of nitrogens with zero attached hydrogens (tertiary/aromatic N) is 1. The van der Waals surface area contributed by atoms with Gasteiger partial charge in [0.2, 0.25) is 0 Å². The molecule has 0 fully saturated rings. The Hall–Kier alpha value is -1.03. The Balaban J connectivity index is 2.41. The van der Waals surface area contributed by atoms with Crippen molar-refractivity contribution < 1.29 is 9.90 Å². The van der Waals surface area contributed by atoms with E-state index in [4.69, 9.17) is 5.11 Å². The lowest BCUT2D eigenvalue weighted by atomic mass is 10.4. The van der Waals surface area contributed by atoms with Crippen molar-refractivity contribution in [1.82, 2.24) is 10.4 Å². The smallest absolute Gasteiger partial charge is 0.421 e. The fourth-order valence-electron chi connectivity index (χ4n) is 0.810. The van der Waals surface area contributed by atoms with Crippen molar-refractivity contribution in [2.24, 2.45) is 0 Å². The SMILES string of the molecule is O=C(O)N1CCC=CCN1. The molecule has 1 heterocycles. The summed E-state index contributed by atoms with van der Waals surface area (Å²) in [6, 6.07) is 0. The minimum Gasteiger partial charge on any atom is -0.464 e. The minimum absolute atomic E-state index is 0.534. The second-order valence-corrected chi connectivity index (χ2v) is 2.06. The summed E-state index contributed by atoms with van der Waals surface area (Å²) < 4.78 is 0. The number of rotatable bonds is 0. The highest BCUT2D eigenvalue weighted by molar-refractivity contribution is 5.64. The van der Waals surface area contributed by atoms with Crippen LogP contribution in [-0.4, -0.2) is 29.3 Å². The molecule has 0 bridgehead atoms. The summed E-state index contributed by atoms with van der Waals surface area (Å²) in [5, 5.41) is 9.69. The van der Waals surface area contributed by atoms with Gasteiger partial charge in [-0.1, -0.05) is 12.2 Å². The van der Waals surface area contributed by atoms with E-state index in [9.17, 15) is 4.79 Å². The van der Waals surface area contributed by atoms with Gasteiger partial charge in [0.25, 0.3) is 0 Å². The fourth-order valence-corrected chi connectivity index (χ4v) is 0.810. The normalized spacial score (nSPS) is 18.6. The largest absolute Gasteiger partial charge is 0.464 e. The number of hydrazine groups is 1. The second kappa shape index (κ2) is 3.22. The third-order valence-corrected chi connectivity index (χ3v) is 1.32. The molecule has 0 aromatic rings. The second-order valence-electron chi connectivity index (χ2n) is 2.06. The first kappa shape index (κ1) is 7.08. The molecule has 1 aliphatic heterocycles. The first-order chi connectivity index (χ1) is 4.80. The van der Waals surface area contributed by atoms with E-state index < -0.39 is 6.09 Å². The summed E-state index contributed by atoms with van der Waals surface area (Å²) in [5.41, 5.74) is 2.73. The molecule has 4 heteroatoms. The zero-order valence-corrected chi connectivity index (χ0v) is 5.58. The molecule has 0 unspecified atom stereocenters. The zero-order valence-electron chi connectivity index (χ0n) is 5.58. The number of hydrogen-bond donors (Lipinski definition) is 2. The molecule has 0 atom stereocenters. The lowest BCUT2D eigenvalue weighted by Gasteiger charge is -2.15. The molecular formula is C6H10N2O2. The molecule has 0 spiro atoms. The Morgan fingerprint density at radius 1 is 1.60 bits per heavy atom. The molecule has 1 aliphatic rings. The highest BCUT2D eigenvalue weighted by Crippen LogP contribution is 1.93. The first-order valence-corrected chi connectivity index (χ1v) is 3.19. The molecule has 0 radical (unpaired) electrons. The molecule has 0 aliphatic carbocycles. The predicted octanol–water partition coefficient (Wildman–Crippen LogP) is 0.431. The van der Waals surface area contributed by atoms with Crippen molar-refractivity contribution in [1.29, 1.82) is 0 Å². The van der Waals surface area contributed by atoms with Crippen LogP contribution in [0.3, 0.4) is 0 Å². The van der Waals surface area contributed by atoms with Crippen LogP contribution in [0.5, 0.6) is 0 Å². The third kappa shape index (κ3) is 1.73. The monoisotopic (exact) mass is 142 g/mol. The van der Waals surface area contributed by atoms with Gasteiger partial charge < -0.3 is 5.11 Å². The standard InChI is InChI=1S/C6H10N2O2/c9-6(10)8-5-3-1-2-4-7-8/h1-2,7H,3-5H2,(H,9,10). The lowest BCUT2D eigenvalue weighted by molar-refractivity contribution is 0.125. The summed E-state index contributed by atoms with van der Waals surface area (Å²) in [6.07, 6.45) is 3.77. The number of carbonyl (C=O) groups is 1. The zero-order chi connectivity index (χ0) is 7.40. The van der Waals surface area contributed by atoms with Crippen LogP contribution in [-0.2, 0) is 0 Å². The van der Waals surface area contributed by atoms with E-state index in [1.54, 1.807) is 0 Å². The maximum absolute atomic E-state index is 10.3. The van der Waals surface area contributed by atoms with Crippen molar-refractivity contribution >= 4 is 6.09 Å². The molecule has 0 saturated heterocycles. The van der Waals surface area contributed by atoms with Crippen LogP contribution >= 0.6 is 0 Å². The minimum atomic E-state index is -0.913. The van der Waals surface area contributed by atoms with Crippen molar-refractivity contribution in [3.05, 3.63) is 12.2 Å². The fraction of sp³-hybridized carbons (Fsp3) is 0.500. The molecule has 1 amide bonds. The molecular weight excluding hydrogens is 132 g/mol. The molecule has 4 nitrogen and oxygen atoms in total. The molecule has 0 saturated carbocycles. The Bertz CT molecular complexity index is 146. The summed E-state index contributed by atoms with van der Waals surface area (Å²) in [4.78, 5) is 10.3. The Morgan fingerprint density at radius 3 is 3.10 bits per heavy atom. The molecule has 10 heavy (non-hydrogen) atoms. The van der Waals surface area contributed by atoms with Gasteiger partial charge in [0.1, 0.15) is 0 Å². The van der Waals surface area contributed by atoms with Gasteiger partial charge in [-0.3, -0.25) is 0 Å². The lowest BCUT2D eigenvalue weighted by Crippen LogP contribution is -2.41. The van der Waals surface area contributed by atoms with Gasteiger partial charge >= 0.3 is 6.09 Å². The van der Waals surface area contributed by atoms with Gasteiger partial charge in [-0.2, -0.15) is 0 Å².